The van der Waals surface area contributed by atoms with Gasteiger partial charge < -0.3 is 19.1 Å². The Kier molecular flexibility index (Phi) is 5.08. The van der Waals surface area contributed by atoms with Gasteiger partial charge in [0, 0.05) is 37.7 Å². The van der Waals surface area contributed by atoms with Gasteiger partial charge in [0.25, 0.3) is 0 Å². The quantitative estimate of drug-likeness (QED) is 0.833. The molecule has 6 heteroatoms. The van der Waals surface area contributed by atoms with Crippen molar-refractivity contribution in [1.29, 1.82) is 0 Å². The van der Waals surface area contributed by atoms with E-state index in [2.05, 4.69) is 11.0 Å². The summed E-state index contributed by atoms with van der Waals surface area (Å²) >= 11 is 0. The van der Waals surface area contributed by atoms with E-state index in [1.165, 1.54) is 5.56 Å². The Morgan fingerprint density at radius 1 is 1.08 bits per heavy atom. The molecule has 4 rings (SSSR count). The second-order valence-electron chi connectivity index (χ2n) is 6.81. The molecule has 0 N–H and O–H groups in total. The van der Waals surface area contributed by atoms with Gasteiger partial charge in [-0.1, -0.05) is 12.1 Å². The first-order valence-electron chi connectivity index (χ1n) is 9.31. The minimum Gasteiger partial charge on any atom is -0.486 e. The molecule has 1 aromatic rings. The molecule has 0 aliphatic carbocycles. The summed E-state index contributed by atoms with van der Waals surface area (Å²) in [5.41, 5.74) is 1.20. The van der Waals surface area contributed by atoms with Crippen LogP contribution in [0.25, 0.3) is 0 Å². The molecule has 3 heterocycles. The second kappa shape index (κ2) is 7.62. The Morgan fingerprint density at radius 2 is 1.92 bits per heavy atom. The van der Waals surface area contributed by atoms with Gasteiger partial charge in [0.1, 0.15) is 13.2 Å². The molecule has 0 aromatic heterocycles. The molecule has 2 saturated heterocycles. The summed E-state index contributed by atoms with van der Waals surface area (Å²) in [6.07, 6.45) is 2.83. The maximum Gasteiger partial charge on any atom is 0.224 e. The second-order valence-corrected chi connectivity index (χ2v) is 6.81. The van der Waals surface area contributed by atoms with Gasteiger partial charge in [0.2, 0.25) is 5.91 Å². The molecule has 0 spiro atoms. The van der Waals surface area contributed by atoms with Crippen molar-refractivity contribution < 1.29 is 19.0 Å². The summed E-state index contributed by atoms with van der Waals surface area (Å²) in [7, 11) is 0. The smallest absolute Gasteiger partial charge is 0.224 e. The van der Waals surface area contributed by atoms with E-state index < -0.39 is 0 Å². The van der Waals surface area contributed by atoms with Gasteiger partial charge in [-0.15, -0.1) is 0 Å². The van der Waals surface area contributed by atoms with Crippen molar-refractivity contribution in [2.24, 2.45) is 0 Å². The van der Waals surface area contributed by atoms with Crippen LogP contribution in [0.5, 0.6) is 11.5 Å². The van der Waals surface area contributed by atoms with Crippen LogP contribution in [0.2, 0.25) is 0 Å². The van der Waals surface area contributed by atoms with Crippen LogP contribution in [-0.2, 0) is 9.53 Å². The van der Waals surface area contributed by atoms with Crippen molar-refractivity contribution in [3.05, 3.63) is 23.8 Å². The third-order valence-corrected chi connectivity index (χ3v) is 5.30. The topological polar surface area (TPSA) is 51.2 Å². The SMILES string of the molecule is O=C(CCN1CCC[C@H]1c1cccc2c1OCCO2)N1CCOCC1. The minimum absolute atomic E-state index is 0.239. The molecule has 2 fully saturated rings. The lowest BCUT2D eigenvalue weighted by molar-refractivity contribution is -0.135. The third-order valence-electron chi connectivity index (χ3n) is 5.30. The monoisotopic (exact) mass is 346 g/mol. The van der Waals surface area contributed by atoms with Crippen LogP contribution in [0.15, 0.2) is 18.2 Å². The lowest BCUT2D eigenvalue weighted by Gasteiger charge is -2.30. The summed E-state index contributed by atoms with van der Waals surface area (Å²) in [4.78, 5) is 16.8. The molecular formula is C19H26N2O4. The van der Waals surface area contributed by atoms with Crippen LogP contribution in [0.4, 0.5) is 0 Å². The first kappa shape index (κ1) is 16.7. The Morgan fingerprint density at radius 3 is 2.80 bits per heavy atom. The van der Waals surface area contributed by atoms with E-state index in [1.54, 1.807) is 0 Å². The predicted molar refractivity (Wildman–Crippen MR) is 93.0 cm³/mol. The van der Waals surface area contributed by atoms with Gasteiger partial charge in [-0.3, -0.25) is 9.69 Å². The number of benzene rings is 1. The molecule has 1 aromatic carbocycles. The fourth-order valence-corrected chi connectivity index (χ4v) is 4.01. The third kappa shape index (κ3) is 3.60. The van der Waals surface area contributed by atoms with Gasteiger partial charge >= 0.3 is 0 Å². The molecule has 3 aliphatic rings. The van der Waals surface area contributed by atoms with E-state index >= 15 is 0 Å². The maximum absolute atomic E-state index is 12.4. The predicted octanol–water partition coefficient (Wildman–Crippen LogP) is 1.84. The Balaban J connectivity index is 1.42. The number of nitrogens with zero attached hydrogens (tertiary/aromatic N) is 2. The number of carbonyl (C=O) groups excluding carboxylic acids is 1. The number of para-hydroxylation sites is 1. The van der Waals surface area contributed by atoms with Crippen LogP contribution in [-0.4, -0.2) is 68.3 Å². The maximum atomic E-state index is 12.4. The summed E-state index contributed by atoms with van der Waals surface area (Å²) in [6, 6.07) is 6.46. The molecule has 1 amide bonds. The van der Waals surface area contributed by atoms with Gasteiger partial charge in [-0.2, -0.15) is 0 Å². The van der Waals surface area contributed by atoms with Crippen molar-refractivity contribution in [2.45, 2.75) is 25.3 Å². The van der Waals surface area contributed by atoms with E-state index in [4.69, 9.17) is 14.2 Å². The number of fused-ring (bicyclic) bond motifs is 1. The lowest BCUT2D eigenvalue weighted by atomic mass is 10.0. The molecule has 0 saturated carbocycles. The molecule has 136 valence electrons. The minimum atomic E-state index is 0.239. The normalized spacial score (nSPS) is 23.7. The Hall–Kier alpha value is -1.79. The summed E-state index contributed by atoms with van der Waals surface area (Å²) in [5, 5.41) is 0. The molecule has 25 heavy (non-hydrogen) atoms. The standard InChI is InChI=1S/C19H26N2O4/c22-18(21-9-11-23-12-10-21)6-8-20-7-2-4-16(20)15-3-1-5-17-19(15)25-14-13-24-17/h1,3,5,16H,2,4,6-14H2/t16-/m0/s1. The van der Waals surface area contributed by atoms with Gasteiger partial charge in [0.05, 0.1) is 13.2 Å². The Labute approximate surface area is 148 Å². The van der Waals surface area contributed by atoms with Crippen LogP contribution >= 0.6 is 0 Å². The number of amides is 1. The average Bonchev–Trinajstić information content (AvgIpc) is 3.14. The molecule has 0 unspecified atom stereocenters. The zero-order chi connectivity index (χ0) is 17.1. The van der Waals surface area contributed by atoms with E-state index in [0.717, 1.165) is 50.5 Å². The van der Waals surface area contributed by atoms with Crippen LogP contribution in [0.3, 0.4) is 0 Å². The number of likely N-dealkylation sites (tertiary alicyclic amines) is 1. The average molecular weight is 346 g/mol. The van der Waals surface area contributed by atoms with E-state index in [0.29, 0.717) is 38.9 Å². The highest BCUT2D eigenvalue weighted by molar-refractivity contribution is 5.76. The fraction of sp³-hybridized carbons (Fsp3) is 0.632. The van der Waals surface area contributed by atoms with Crippen molar-refractivity contribution in [2.75, 3.05) is 52.6 Å². The summed E-state index contributed by atoms with van der Waals surface area (Å²) in [5.74, 6) is 1.98. The highest BCUT2D eigenvalue weighted by Gasteiger charge is 2.31. The van der Waals surface area contributed by atoms with E-state index in [9.17, 15) is 4.79 Å². The molecule has 0 bridgehead atoms. The Bertz CT molecular complexity index is 615. The van der Waals surface area contributed by atoms with E-state index in [1.807, 2.05) is 17.0 Å². The van der Waals surface area contributed by atoms with Crippen LogP contribution in [0.1, 0.15) is 30.9 Å². The first-order valence-corrected chi connectivity index (χ1v) is 9.31. The number of carbonyl (C=O) groups is 1. The summed E-state index contributed by atoms with van der Waals surface area (Å²) in [6.45, 7) is 5.80. The number of rotatable bonds is 4. The van der Waals surface area contributed by atoms with Crippen molar-refractivity contribution in [3.8, 4) is 11.5 Å². The zero-order valence-electron chi connectivity index (χ0n) is 14.6. The molecule has 6 nitrogen and oxygen atoms in total. The molecule has 1 atom stereocenters. The van der Waals surface area contributed by atoms with Crippen LogP contribution in [0, 0.1) is 0 Å². The van der Waals surface area contributed by atoms with Crippen molar-refractivity contribution in [1.82, 2.24) is 9.80 Å². The zero-order valence-corrected chi connectivity index (χ0v) is 14.6. The van der Waals surface area contributed by atoms with E-state index in [-0.39, 0.29) is 5.91 Å². The van der Waals surface area contributed by atoms with Gasteiger partial charge in [0.15, 0.2) is 11.5 Å². The van der Waals surface area contributed by atoms with Gasteiger partial charge in [-0.25, -0.2) is 0 Å². The van der Waals surface area contributed by atoms with Gasteiger partial charge in [-0.05, 0) is 25.5 Å². The van der Waals surface area contributed by atoms with Crippen molar-refractivity contribution >= 4 is 5.91 Å². The highest BCUT2D eigenvalue weighted by atomic mass is 16.6. The number of ether oxygens (including phenoxy) is 3. The number of morpholine rings is 1. The number of hydrogen-bond donors (Lipinski definition) is 0. The first-order chi connectivity index (χ1) is 12.3. The van der Waals surface area contributed by atoms with Crippen LogP contribution < -0.4 is 9.47 Å². The molecule has 0 radical (unpaired) electrons. The molecule has 3 aliphatic heterocycles. The lowest BCUT2D eigenvalue weighted by Crippen LogP contribution is -2.42. The molecular weight excluding hydrogens is 320 g/mol. The largest absolute Gasteiger partial charge is 0.486 e. The highest BCUT2D eigenvalue weighted by Crippen LogP contribution is 2.42. The number of hydrogen-bond acceptors (Lipinski definition) is 5. The fourth-order valence-electron chi connectivity index (χ4n) is 4.01. The summed E-state index contributed by atoms with van der Waals surface area (Å²) < 4.78 is 16.9. The van der Waals surface area contributed by atoms with Crippen molar-refractivity contribution in [3.63, 3.8) is 0 Å².